The van der Waals surface area contributed by atoms with E-state index in [1.54, 1.807) is 12.1 Å². The molecule has 104 valence electrons. The highest BCUT2D eigenvalue weighted by molar-refractivity contribution is 5.64. The molecule has 1 heterocycles. The van der Waals surface area contributed by atoms with Crippen LogP contribution in [-0.4, -0.2) is 0 Å². The first-order chi connectivity index (χ1) is 9.94. The van der Waals surface area contributed by atoms with Gasteiger partial charge in [-0.15, -0.1) is 0 Å². The Balaban J connectivity index is 2.38. The number of hydrogen-bond acceptors (Lipinski definition) is 3. The van der Waals surface area contributed by atoms with Gasteiger partial charge in [0.25, 0.3) is 0 Å². The predicted molar refractivity (Wildman–Crippen MR) is 68.3 cm³/mol. The minimum absolute atomic E-state index is 0.153. The summed E-state index contributed by atoms with van der Waals surface area (Å²) in [5.74, 6) is 0.447. The Morgan fingerprint density at radius 3 is 2.43 bits per heavy atom. The molecule has 0 fully saturated rings. The third kappa shape index (κ3) is 3.31. The van der Waals surface area contributed by atoms with Crippen LogP contribution in [0, 0.1) is 22.7 Å². The quantitative estimate of drug-likeness (QED) is 0.770. The first-order valence-corrected chi connectivity index (χ1v) is 5.73. The average molecular weight is 288 g/mol. The first-order valence-electron chi connectivity index (χ1n) is 5.73. The third-order valence-corrected chi connectivity index (χ3v) is 2.63. The van der Waals surface area contributed by atoms with Gasteiger partial charge in [-0.2, -0.15) is 23.7 Å². The topological polar surface area (TPSA) is 60.7 Å². The summed E-state index contributed by atoms with van der Waals surface area (Å²) in [7, 11) is 0. The maximum Gasteiger partial charge on any atom is 0.416 e. The van der Waals surface area contributed by atoms with Gasteiger partial charge >= 0.3 is 6.18 Å². The molecule has 2 rings (SSSR count). The van der Waals surface area contributed by atoms with Crippen LogP contribution in [0.5, 0.6) is 0 Å². The molecule has 0 aliphatic rings. The van der Waals surface area contributed by atoms with E-state index < -0.39 is 11.7 Å². The van der Waals surface area contributed by atoms with Crippen LogP contribution in [0.25, 0.3) is 17.4 Å². The molecule has 6 heteroatoms. The van der Waals surface area contributed by atoms with Crippen molar-refractivity contribution >= 4 is 6.08 Å². The van der Waals surface area contributed by atoms with Crippen LogP contribution < -0.4 is 0 Å². The fourth-order valence-electron chi connectivity index (χ4n) is 1.67. The average Bonchev–Trinajstić information content (AvgIpc) is 2.92. The highest BCUT2D eigenvalue weighted by Crippen LogP contribution is 2.32. The molecule has 0 aliphatic carbocycles. The van der Waals surface area contributed by atoms with Crippen LogP contribution >= 0.6 is 0 Å². The molecular weight excluding hydrogens is 281 g/mol. The number of nitrogens with zero attached hydrogens (tertiary/aromatic N) is 2. The standard InChI is InChI=1S/C15H7F3N2O/c16-15(17,18)12-3-1-2-11(7-12)14-5-4-13(21-14)6-10(8-19)9-20/h1-7H. The summed E-state index contributed by atoms with van der Waals surface area (Å²) < 4.78 is 43.2. The van der Waals surface area contributed by atoms with Gasteiger partial charge in [-0.3, -0.25) is 0 Å². The minimum Gasteiger partial charge on any atom is -0.457 e. The van der Waals surface area contributed by atoms with Crippen LogP contribution in [0.15, 0.2) is 46.4 Å². The van der Waals surface area contributed by atoms with Crippen LogP contribution in [0.2, 0.25) is 0 Å². The summed E-state index contributed by atoms with van der Waals surface area (Å²) in [6.45, 7) is 0. The first kappa shape index (κ1) is 14.4. The summed E-state index contributed by atoms with van der Waals surface area (Å²) in [6.07, 6.45) is -3.21. The van der Waals surface area contributed by atoms with Crippen LogP contribution in [0.3, 0.4) is 0 Å². The van der Waals surface area contributed by atoms with Crippen LogP contribution in [-0.2, 0) is 6.18 Å². The van der Waals surface area contributed by atoms with Gasteiger partial charge in [0.2, 0.25) is 0 Å². The fraction of sp³-hybridized carbons (Fsp3) is 0.0667. The van der Waals surface area contributed by atoms with E-state index in [1.807, 2.05) is 0 Å². The summed E-state index contributed by atoms with van der Waals surface area (Å²) >= 11 is 0. The number of furan rings is 1. The van der Waals surface area contributed by atoms with Crippen molar-refractivity contribution in [2.45, 2.75) is 6.18 Å². The number of allylic oxidation sites excluding steroid dienone is 1. The van der Waals surface area contributed by atoms with E-state index in [9.17, 15) is 13.2 Å². The monoisotopic (exact) mass is 288 g/mol. The van der Waals surface area contributed by atoms with Crippen molar-refractivity contribution in [3.05, 3.63) is 53.3 Å². The molecule has 0 radical (unpaired) electrons. The molecule has 0 atom stereocenters. The molecule has 0 unspecified atom stereocenters. The van der Waals surface area contributed by atoms with Crippen molar-refractivity contribution in [1.82, 2.24) is 0 Å². The normalized spacial score (nSPS) is 10.5. The van der Waals surface area contributed by atoms with Crippen molar-refractivity contribution in [2.24, 2.45) is 0 Å². The number of halogens is 3. The lowest BCUT2D eigenvalue weighted by atomic mass is 10.1. The molecule has 0 aliphatic heterocycles. The number of alkyl halides is 3. The van der Waals surface area contributed by atoms with Crippen LogP contribution in [0.4, 0.5) is 13.2 Å². The molecule has 3 nitrogen and oxygen atoms in total. The molecular formula is C15H7F3N2O. The summed E-state index contributed by atoms with van der Waals surface area (Å²) in [4.78, 5) is 0. The molecule has 1 aromatic heterocycles. The largest absolute Gasteiger partial charge is 0.457 e. The molecule has 1 aromatic carbocycles. The lowest BCUT2D eigenvalue weighted by molar-refractivity contribution is -0.137. The third-order valence-electron chi connectivity index (χ3n) is 2.63. The van der Waals surface area contributed by atoms with Crippen LogP contribution in [0.1, 0.15) is 11.3 Å². The second-order valence-electron chi connectivity index (χ2n) is 4.06. The summed E-state index contributed by atoms with van der Waals surface area (Å²) in [5.41, 5.74) is -0.664. The molecule has 21 heavy (non-hydrogen) atoms. The molecule has 0 spiro atoms. The predicted octanol–water partition coefficient (Wildman–Crippen LogP) is 4.40. The van der Waals surface area contributed by atoms with Gasteiger partial charge in [0, 0.05) is 11.6 Å². The summed E-state index contributed by atoms with van der Waals surface area (Å²) in [6, 6.07) is 11.0. The van der Waals surface area contributed by atoms with Gasteiger partial charge in [-0.05, 0) is 24.3 Å². The molecule has 0 amide bonds. The molecule has 0 saturated heterocycles. The van der Waals surface area contributed by atoms with Crippen molar-refractivity contribution in [1.29, 1.82) is 10.5 Å². The zero-order valence-corrected chi connectivity index (χ0v) is 10.5. The highest BCUT2D eigenvalue weighted by Gasteiger charge is 2.30. The van der Waals surface area contributed by atoms with Gasteiger partial charge in [-0.25, -0.2) is 0 Å². The lowest BCUT2D eigenvalue weighted by Gasteiger charge is -2.07. The smallest absolute Gasteiger partial charge is 0.416 e. The second-order valence-corrected chi connectivity index (χ2v) is 4.06. The van der Waals surface area contributed by atoms with Gasteiger partial charge in [0.15, 0.2) is 0 Å². The lowest BCUT2D eigenvalue weighted by Crippen LogP contribution is -2.04. The number of hydrogen-bond donors (Lipinski definition) is 0. The van der Waals surface area contributed by atoms with Crippen molar-refractivity contribution in [3.8, 4) is 23.5 Å². The Bertz CT molecular complexity index is 757. The second kappa shape index (κ2) is 5.56. The maximum atomic E-state index is 12.6. The van der Waals surface area contributed by atoms with Gasteiger partial charge in [0.1, 0.15) is 29.2 Å². The van der Waals surface area contributed by atoms with Gasteiger partial charge in [0.05, 0.1) is 5.56 Å². The van der Waals surface area contributed by atoms with Crippen molar-refractivity contribution < 1.29 is 17.6 Å². The van der Waals surface area contributed by atoms with E-state index >= 15 is 0 Å². The molecule has 0 N–H and O–H groups in total. The molecule has 0 saturated carbocycles. The van der Waals surface area contributed by atoms with E-state index in [-0.39, 0.29) is 22.7 Å². The maximum absolute atomic E-state index is 12.6. The Labute approximate surface area is 118 Å². The summed E-state index contributed by atoms with van der Waals surface area (Å²) in [5, 5.41) is 17.3. The Morgan fingerprint density at radius 2 is 1.81 bits per heavy atom. The van der Waals surface area contributed by atoms with Crippen molar-refractivity contribution in [2.75, 3.05) is 0 Å². The van der Waals surface area contributed by atoms with E-state index in [0.29, 0.717) is 0 Å². The zero-order valence-electron chi connectivity index (χ0n) is 10.5. The fourth-order valence-corrected chi connectivity index (χ4v) is 1.67. The minimum atomic E-state index is -4.43. The molecule has 2 aromatic rings. The van der Waals surface area contributed by atoms with Gasteiger partial charge in [-0.1, -0.05) is 12.1 Å². The zero-order chi connectivity index (χ0) is 15.5. The Kier molecular flexibility index (Phi) is 3.82. The molecule has 0 bridgehead atoms. The number of benzene rings is 1. The SMILES string of the molecule is N#CC(C#N)=Cc1ccc(-c2cccc(C(F)(F)F)c2)o1. The van der Waals surface area contributed by atoms with E-state index in [1.165, 1.54) is 30.3 Å². The van der Waals surface area contributed by atoms with E-state index in [2.05, 4.69) is 0 Å². The van der Waals surface area contributed by atoms with Gasteiger partial charge < -0.3 is 4.42 Å². The Morgan fingerprint density at radius 1 is 1.10 bits per heavy atom. The van der Waals surface area contributed by atoms with E-state index in [4.69, 9.17) is 14.9 Å². The van der Waals surface area contributed by atoms with E-state index in [0.717, 1.165) is 12.1 Å². The van der Waals surface area contributed by atoms with Crippen molar-refractivity contribution in [3.63, 3.8) is 0 Å². The number of nitriles is 2. The highest BCUT2D eigenvalue weighted by atomic mass is 19.4. The Hall–Kier alpha value is -2.99. The number of rotatable bonds is 2.